The Kier molecular flexibility index (Phi) is 3.99. The molecule has 0 aromatic heterocycles. The third-order valence-electron chi connectivity index (χ3n) is 2.51. The van der Waals surface area contributed by atoms with E-state index >= 15 is 0 Å². The second-order valence-electron chi connectivity index (χ2n) is 4.06. The van der Waals surface area contributed by atoms with Crippen molar-refractivity contribution >= 4 is 40.0 Å². The van der Waals surface area contributed by atoms with Crippen LogP contribution < -0.4 is 5.73 Å². The lowest BCUT2D eigenvalue weighted by Crippen LogP contribution is -1.88. The third kappa shape index (κ3) is 3.16. The van der Waals surface area contributed by atoms with Gasteiger partial charge in [-0.2, -0.15) is 0 Å². The number of benzene rings is 2. The van der Waals surface area contributed by atoms with Crippen LogP contribution in [0.3, 0.4) is 0 Å². The Bertz CT molecular complexity index is 502. The lowest BCUT2D eigenvalue weighted by atomic mass is 10.2. The van der Waals surface area contributed by atoms with E-state index in [1.54, 1.807) is 11.8 Å². The Balaban J connectivity index is 2.31. The van der Waals surface area contributed by atoms with Gasteiger partial charge in [-0.3, -0.25) is 0 Å². The average Bonchev–Trinajstić information content (AvgIpc) is 2.25. The molecule has 0 amide bonds. The Labute approximate surface area is 120 Å². The van der Waals surface area contributed by atoms with E-state index in [4.69, 9.17) is 5.73 Å². The molecule has 1 nitrogen and oxygen atoms in total. The van der Waals surface area contributed by atoms with Crippen LogP contribution in [-0.4, -0.2) is 0 Å². The number of anilines is 1. The van der Waals surface area contributed by atoms with Gasteiger partial charge in [-0.15, -0.1) is 0 Å². The van der Waals surface area contributed by atoms with Crippen LogP contribution in [0.5, 0.6) is 0 Å². The smallest absolute Gasteiger partial charge is 0.0325 e. The molecule has 0 heterocycles. The largest absolute Gasteiger partial charge is 0.399 e. The van der Waals surface area contributed by atoms with E-state index < -0.39 is 0 Å². The number of hydrogen-bond donors (Lipinski definition) is 1. The van der Waals surface area contributed by atoms with Crippen LogP contribution in [0.15, 0.2) is 46.2 Å². The number of hydrogen-bond acceptors (Lipinski definition) is 2. The molecule has 2 rings (SSSR count). The number of nitrogens with two attached hydrogens (primary N) is 1. The van der Waals surface area contributed by atoms with Crippen molar-refractivity contribution in [2.24, 2.45) is 0 Å². The zero-order chi connectivity index (χ0) is 12.4. The fourth-order valence-corrected chi connectivity index (χ4v) is 3.39. The van der Waals surface area contributed by atoms with Gasteiger partial charge in [0.1, 0.15) is 0 Å². The Morgan fingerprint density at radius 1 is 1.00 bits per heavy atom. The molecule has 0 unspecified atom stereocenters. The molecule has 0 atom stereocenters. The lowest BCUT2D eigenvalue weighted by molar-refractivity contribution is 1.25. The van der Waals surface area contributed by atoms with E-state index in [1.807, 2.05) is 12.1 Å². The number of halogens is 1. The molecule has 0 spiro atoms. The summed E-state index contributed by atoms with van der Waals surface area (Å²) >= 11 is 4.13. The van der Waals surface area contributed by atoms with Crippen molar-refractivity contribution in [1.82, 2.24) is 0 Å². The molecule has 0 aliphatic heterocycles. The molecule has 0 radical (unpaired) electrons. The quantitative estimate of drug-likeness (QED) is 0.627. The van der Waals surface area contributed by atoms with E-state index in [0.29, 0.717) is 0 Å². The van der Waals surface area contributed by atoms with E-state index in [2.05, 4.69) is 60.7 Å². The molecule has 17 heavy (non-hydrogen) atoms. The minimum Gasteiger partial charge on any atom is -0.399 e. The Morgan fingerprint density at radius 2 is 1.71 bits per heavy atom. The molecule has 2 N–H and O–H groups in total. The SMILES string of the molecule is Cc1ccc(Sc2ccc(N)cc2I)c(C)c1. The van der Waals surface area contributed by atoms with Gasteiger partial charge in [-0.1, -0.05) is 29.5 Å². The third-order valence-corrected chi connectivity index (χ3v) is 5.02. The van der Waals surface area contributed by atoms with Crippen LogP contribution >= 0.6 is 34.4 Å². The predicted octanol–water partition coefficient (Wildman–Crippen LogP) is 4.64. The molecule has 0 saturated carbocycles. The first-order chi connectivity index (χ1) is 8.06. The fraction of sp³-hybridized carbons (Fsp3) is 0.143. The van der Waals surface area contributed by atoms with Crippen LogP contribution in [0.1, 0.15) is 11.1 Å². The van der Waals surface area contributed by atoms with E-state index in [9.17, 15) is 0 Å². The monoisotopic (exact) mass is 355 g/mol. The van der Waals surface area contributed by atoms with Crippen molar-refractivity contribution in [2.75, 3.05) is 5.73 Å². The second-order valence-corrected chi connectivity index (χ2v) is 6.31. The molecule has 0 saturated heterocycles. The molecular weight excluding hydrogens is 341 g/mol. The molecule has 0 aliphatic carbocycles. The van der Waals surface area contributed by atoms with Gasteiger partial charge in [0.2, 0.25) is 0 Å². The predicted molar refractivity (Wildman–Crippen MR) is 83.6 cm³/mol. The summed E-state index contributed by atoms with van der Waals surface area (Å²) in [6.07, 6.45) is 0. The fourth-order valence-electron chi connectivity index (χ4n) is 1.63. The van der Waals surface area contributed by atoms with Crippen molar-refractivity contribution in [2.45, 2.75) is 23.6 Å². The van der Waals surface area contributed by atoms with Crippen molar-refractivity contribution in [3.8, 4) is 0 Å². The van der Waals surface area contributed by atoms with Gasteiger partial charge in [0.25, 0.3) is 0 Å². The molecule has 0 fully saturated rings. The van der Waals surface area contributed by atoms with E-state index in [0.717, 1.165) is 5.69 Å². The van der Waals surface area contributed by atoms with Gasteiger partial charge in [-0.25, -0.2) is 0 Å². The van der Waals surface area contributed by atoms with Crippen molar-refractivity contribution in [3.05, 3.63) is 51.1 Å². The first-order valence-corrected chi connectivity index (χ1v) is 7.26. The summed E-state index contributed by atoms with van der Waals surface area (Å²) in [5, 5.41) is 0. The molecular formula is C14H14INS. The maximum atomic E-state index is 5.76. The van der Waals surface area contributed by atoms with Crippen LogP contribution in [0, 0.1) is 17.4 Å². The molecule has 3 heteroatoms. The number of nitrogen functional groups attached to an aromatic ring is 1. The van der Waals surface area contributed by atoms with Crippen LogP contribution in [0.25, 0.3) is 0 Å². The van der Waals surface area contributed by atoms with Crippen LogP contribution in [-0.2, 0) is 0 Å². The molecule has 0 bridgehead atoms. The topological polar surface area (TPSA) is 26.0 Å². The Hall–Kier alpha value is -0.680. The van der Waals surface area contributed by atoms with Gasteiger partial charge in [0.15, 0.2) is 0 Å². The maximum absolute atomic E-state index is 5.76. The van der Waals surface area contributed by atoms with Gasteiger partial charge in [-0.05, 0) is 66.3 Å². The van der Waals surface area contributed by atoms with Gasteiger partial charge < -0.3 is 5.73 Å². The molecule has 0 aliphatic rings. The minimum absolute atomic E-state index is 0.819. The summed E-state index contributed by atoms with van der Waals surface area (Å²) in [6, 6.07) is 12.6. The van der Waals surface area contributed by atoms with Crippen molar-refractivity contribution < 1.29 is 0 Å². The highest BCUT2D eigenvalue weighted by Gasteiger charge is 2.05. The zero-order valence-electron chi connectivity index (χ0n) is 9.83. The van der Waals surface area contributed by atoms with E-state index in [1.165, 1.54) is 24.5 Å². The highest BCUT2D eigenvalue weighted by molar-refractivity contribution is 14.1. The van der Waals surface area contributed by atoms with Gasteiger partial charge in [0.05, 0.1) is 0 Å². The van der Waals surface area contributed by atoms with Crippen molar-refractivity contribution in [1.29, 1.82) is 0 Å². The lowest BCUT2D eigenvalue weighted by Gasteiger charge is -2.08. The normalized spacial score (nSPS) is 10.5. The molecule has 2 aromatic carbocycles. The highest BCUT2D eigenvalue weighted by atomic mass is 127. The number of rotatable bonds is 2. The number of aryl methyl sites for hydroxylation is 2. The van der Waals surface area contributed by atoms with E-state index in [-0.39, 0.29) is 0 Å². The molecule has 88 valence electrons. The van der Waals surface area contributed by atoms with Crippen LogP contribution in [0.4, 0.5) is 5.69 Å². The first-order valence-electron chi connectivity index (χ1n) is 5.36. The summed E-state index contributed by atoms with van der Waals surface area (Å²) < 4.78 is 1.20. The maximum Gasteiger partial charge on any atom is 0.0325 e. The van der Waals surface area contributed by atoms with Crippen molar-refractivity contribution in [3.63, 3.8) is 0 Å². The first kappa shape index (κ1) is 12.8. The summed E-state index contributed by atoms with van der Waals surface area (Å²) in [5.41, 5.74) is 9.20. The van der Waals surface area contributed by atoms with Gasteiger partial charge >= 0.3 is 0 Å². The average molecular weight is 355 g/mol. The summed E-state index contributed by atoms with van der Waals surface area (Å²) in [4.78, 5) is 2.56. The summed E-state index contributed by atoms with van der Waals surface area (Å²) in [5.74, 6) is 0. The molecule has 2 aromatic rings. The standard InChI is InChI=1S/C14H14INS/c1-9-3-5-13(10(2)7-9)17-14-6-4-11(16)8-12(14)15/h3-8H,16H2,1-2H3. The summed E-state index contributed by atoms with van der Waals surface area (Å²) in [7, 11) is 0. The highest BCUT2D eigenvalue weighted by Crippen LogP contribution is 2.34. The minimum atomic E-state index is 0.819. The second kappa shape index (κ2) is 5.31. The zero-order valence-corrected chi connectivity index (χ0v) is 12.8. The summed E-state index contributed by atoms with van der Waals surface area (Å²) in [6.45, 7) is 4.27. The Morgan fingerprint density at radius 3 is 2.35 bits per heavy atom. The van der Waals surface area contributed by atoms with Gasteiger partial charge in [0, 0.05) is 19.0 Å². The van der Waals surface area contributed by atoms with Crippen LogP contribution in [0.2, 0.25) is 0 Å².